The van der Waals surface area contributed by atoms with Crippen molar-refractivity contribution in [2.24, 2.45) is 0 Å². The van der Waals surface area contributed by atoms with Gasteiger partial charge in [-0.2, -0.15) is 11.8 Å². The van der Waals surface area contributed by atoms with Gasteiger partial charge < -0.3 is 0 Å². The molecule has 0 saturated heterocycles. The van der Waals surface area contributed by atoms with E-state index in [-0.39, 0.29) is 0 Å². The molecule has 0 unspecified atom stereocenters. The van der Waals surface area contributed by atoms with Gasteiger partial charge in [0.15, 0.2) is 5.82 Å². The van der Waals surface area contributed by atoms with Gasteiger partial charge in [-0.3, -0.25) is 0 Å². The summed E-state index contributed by atoms with van der Waals surface area (Å²) in [6, 6.07) is 0.456. The molecule has 0 spiro atoms. The van der Waals surface area contributed by atoms with E-state index in [1.54, 1.807) is 0 Å². The first kappa shape index (κ1) is 11.2. The Morgan fingerprint density at radius 3 is 2.73 bits per heavy atom. The van der Waals surface area contributed by atoms with Crippen LogP contribution < -0.4 is 0 Å². The molecule has 0 N–H and O–H groups in total. The predicted molar refractivity (Wildman–Crippen MR) is 62.2 cm³/mol. The highest BCUT2D eigenvalue weighted by Crippen LogP contribution is 2.33. The fourth-order valence-electron chi connectivity index (χ4n) is 2.11. The summed E-state index contributed by atoms with van der Waals surface area (Å²) in [4.78, 5) is 0. The molecular weight excluding hydrogens is 232 g/mol. The topological polar surface area (TPSA) is 43.6 Å². The molecule has 1 aromatic rings. The van der Waals surface area contributed by atoms with Crippen molar-refractivity contribution in [3.8, 4) is 0 Å². The molecule has 0 bridgehead atoms. The Labute approximate surface area is 98.8 Å². The fourth-order valence-corrected chi connectivity index (χ4v) is 3.03. The van der Waals surface area contributed by atoms with Gasteiger partial charge in [-0.15, -0.1) is 16.7 Å². The van der Waals surface area contributed by atoms with Crippen LogP contribution in [0.4, 0.5) is 0 Å². The molecule has 1 aliphatic carbocycles. The highest BCUT2D eigenvalue weighted by Gasteiger charge is 2.24. The van der Waals surface area contributed by atoms with Crippen LogP contribution in [0, 0.1) is 0 Å². The lowest BCUT2D eigenvalue weighted by Crippen LogP contribution is -2.21. The molecule has 4 nitrogen and oxygen atoms in total. The summed E-state index contributed by atoms with van der Waals surface area (Å²) >= 11 is 7.75. The normalized spacial score (nSPS) is 26.8. The first-order chi connectivity index (χ1) is 7.35. The van der Waals surface area contributed by atoms with Crippen LogP contribution in [0.5, 0.6) is 0 Å². The number of hydrogen-bond donors (Lipinski definition) is 0. The largest absolute Gasteiger partial charge is 0.225 e. The number of thioether (sulfide) groups is 1. The second kappa shape index (κ2) is 5.16. The average Bonchev–Trinajstić information content (AvgIpc) is 2.77. The monoisotopic (exact) mass is 246 g/mol. The smallest absolute Gasteiger partial charge is 0.166 e. The molecule has 0 atom stereocenters. The molecule has 1 saturated carbocycles. The molecule has 15 heavy (non-hydrogen) atoms. The number of hydrogen-bond acceptors (Lipinski definition) is 4. The van der Waals surface area contributed by atoms with Crippen molar-refractivity contribution in [2.75, 3.05) is 6.26 Å². The summed E-state index contributed by atoms with van der Waals surface area (Å²) in [5.41, 5.74) is 0. The Balaban J connectivity index is 2.01. The van der Waals surface area contributed by atoms with E-state index < -0.39 is 0 Å². The van der Waals surface area contributed by atoms with E-state index in [4.69, 9.17) is 11.6 Å². The van der Waals surface area contributed by atoms with Crippen molar-refractivity contribution in [3.63, 3.8) is 0 Å². The van der Waals surface area contributed by atoms with E-state index in [9.17, 15) is 0 Å². The lowest BCUT2D eigenvalue weighted by Gasteiger charge is -2.27. The summed E-state index contributed by atoms with van der Waals surface area (Å²) in [6.07, 6.45) is 7.04. The van der Waals surface area contributed by atoms with E-state index in [0.717, 1.165) is 11.1 Å². The molecule has 2 rings (SSSR count). The molecule has 1 aromatic heterocycles. The first-order valence-corrected chi connectivity index (χ1v) is 7.03. The van der Waals surface area contributed by atoms with Gasteiger partial charge >= 0.3 is 0 Å². The highest BCUT2D eigenvalue weighted by molar-refractivity contribution is 7.99. The van der Waals surface area contributed by atoms with E-state index in [2.05, 4.69) is 21.8 Å². The zero-order valence-electron chi connectivity index (χ0n) is 8.77. The minimum absolute atomic E-state index is 0.398. The maximum atomic E-state index is 5.78. The summed E-state index contributed by atoms with van der Waals surface area (Å²) in [5.74, 6) is 1.19. The standard InChI is InChI=1S/C9H15ClN4S/c1-15-8-4-2-7(3-5-8)14-9(6-10)11-12-13-14/h7-8H,2-6H2,1H3. The van der Waals surface area contributed by atoms with E-state index >= 15 is 0 Å². The molecule has 0 amide bonds. The lowest BCUT2D eigenvalue weighted by atomic mass is 9.95. The third-order valence-corrected chi connectivity index (χ3v) is 4.38. The molecule has 0 aliphatic heterocycles. The Bertz CT molecular complexity index is 309. The Hall–Kier alpha value is -0.290. The van der Waals surface area contributed by atoms with E-state index in [1.807, 2.05) is 16.4 Å². The Morgan fingerprint density at radius 1 is 1.40 bits per heavy atom. The fraction of sp³-hybridized carbons (Fsp3) is 0.889. The molecule has 0 radical (unpaired) electrons. The van der Waals surface area contributed by atoms with Crippen LogP contribution >= 0.6 is 23.4 Å². The number of rotatable bonds is 3. The predicted octanol–water partition coefficient (Wildman–Crippen LogP) is 2.26. The van der Waals surface area contributed by atoms with Crippen molar-refractivity contribution in [2.45, 2.75) is 42.9 Å². The molecular formula is C9H15ClN4S. The molecule has 6 heteroatoms. The minimum Gasteiger partial charge on any atom is -0.225 e. The number of halogens is 1. The van der Waals surface area contributed by atoms with Crippen molar-refractivity contribution in [1.29, 1.82) is 0 Å². The van der Waals surface area contributed by atoms with Crippen molar-refractivity contribution in [1.82, 2.24) is 20.2 Å². The van der Waals surface area contributed by atoms with Crippen molar-refractivity contribution < 1.29 is 0 Å². The van der Waals surface area contributed by atoms with E-state index in [1.165, 1.54) is 25.7 Å². The summed E-state index contributed by atoms with van der Waals surface area (Å²) < 4.78 is 1.91. The second-order valence-electron chi connectivity index (χ2n) is 3.84. The minimum atomic E-state index is 0.398. The van der Waals surface area contributed by atoms with Crippen LogP contribution in [-0.4, -0.2) is 31.7 Å². The second-order valence-corrected chi connectivity index (χ2v) is 5.24. The molecule has 1 aliphatic rings. The lowest BCUT2D eigenvalue weighted by molar-refractivity contribution is 0.324. The van der Waals surface area contributed by atoms with Gasteiger partial charge in [-0.1, -0.05) is 0 Å². The molecule has 1 fully saturated rings. The summed E-state index contributed by atoms with van der Waals surface area (Å²) in [7, 11) is 0. The SMILES string of the molecule is CSC1CCC(n2nnnc2CCl)CC1. The van der Waals surface area contributed by atoms with Crippen molar-refractivity contribution in [3.05, 3.63) is 5.82 Å². The van der Waals surface area contributed by atoms with E-state index in [0.29, 0.717) is 11.9 Å². The first-order valence-electron chi connectivity index (χ1n) is 5.20. The van der Waals surface area contributed by atoms with Gasteiger partial charge in [0.2, 0.25) is 0 Å². The average molecular weight is 247 g/mol. The number of aromatic nitrogens is 4. The summed E-state index contributed by atoms with van der Waals surface area (Å²) in [6.45, 7) is 0. The van der Waals surface area contributed by atoms with Crippen LogP contribution in [0.25, 0.3) is 0 Å². The highest BCUT2D eigenvalue weighted by atomic mass is 35.5. The zero-order valence-corrected chi connectivity index (χ0v) is 10.3. The molecule has 84 valence electrons. The Morgan fingerprint density at radius 2 is 2.13 bits per heavy atom. The van der Waals surface area contributed by atoms with Gasteiger partial charge in [0.25, 0.3) is 0 Å². The number of tetrazole rings is 1. The Kier molecular flexibility index (Phi) is 3.86. The van der Waals surface area contributed by atoms with Crippen LogP contribution in [0.3, 0.4) is 0 Å². The zero-order chi connectivity index (χ0) is 10.7. The quantitative estimate of drug-likeness (QED) is 0.768. The maximum Gasteiger partial charge on any atom is 0.166 e. The van der Waals surface area contributed by atoms with Gasteiger partial charge in [0, 0.05) is 5.25 Å². The third-order valence-electron chi connectivity index (χ3n) is 3.00. The molecule has 1 heterocycles. The van der Waals surface area contributed by atoms with Gasteiger partial charge in [0.05, 0.1) is 11.9 Å². The van der Waals surface area contributed by atoms with Crippen LogP contribution in [0.2, 0.25) is 0 Å². The number of alkyl halides is 1. The van der Waals surface area contributed by atoms with Gasteiger partial charge in [-0.25, -0.2) is 4.68 Å². The van der Waals surface area contributed by atoms with Gasteiger partial charge in [-0.05, 0) is 42.4 Å². The van der Waals surface area contributed by atoms with Crippen molar-refractivity contribution >= 4 is 23.4 Å². The maximum absolute atomic E-state index is 5.78. The third kappa shape index (κ3) is 2.45. The van der Waals surface area contributed by atoms with Crippen LogP contribution in [0.1, 0.15) is 37.5 Å². The van der Waals surface area contributed by atoms with Gasteiger partial charge in [0.1, 0.15) is 0 Å². The summed E-state index contributed by atoms with van der Waals surface area (Å²) in [5, 5.41) is 12.4. The van der Waals surface area contributed by atoms with Crippen LogP contribution in [0.15, 0.2) is 0 Å². The molecule has 0 aromatic carbocycles. The number of nitrogens with zero attached hydrogens (tertiary/aromatic N) is 4. The van der Waals surface area contributed by atoms with Crippen LogP contribution in [-0.2, 0) is 5.88 Å².